The van der Waals surface area contributed by atoms with Crippen molar-refractivity contribution in [1.82, 2.24) is 19.4 Å². The molecule has 0 aliphatic carbocycles. The Kier molecular flexibility index (Phi) is 8.21. The van der Waals surface area contributed by atoms with Crippen LogP contribution >= 0.6 is 11.6 Å². The van der Waals surface area contributed by atoms with Crippen LogP contribution in [0, 0.1) is 0 Å². The van der Waals surface area contributed by atoms with Gasteiger partial charge in [0.05, 0.1) is 5.69 Å². The highest BCUT2D eigenvalue weighted by molar-refractivity contribution is 6.30. The first-order chi connectivity index (χ1) is 16.2. The summed E-state index contributed by atoms with van der Waals surface area (Å²) < 4.78 is 2.42. The molecule has 0 radical (unpaired) electrons. The van der Waals surface area contributed by atoms with Crippen LogP contribution < -0.4 is 0 Å². The molecule has 4 rings (SSSR count). The van der Waals surface area contributed by atoms with Gasteiger partial charge in [0, 0.05) is 37.1 Å². The van der Waals surface area contributed by atoms with Gasteiger partial charge in [0.2, 0.25) is 0 Å². The standard InChI is InChI=1S/C28H37ClN4/c1-4-7-18-33-25(20-32-17-9-8-15-24(32)23-14-11-16-30-19-23)27(29)31-28(33)26-21(5-2)12-10-13-22(26)6-3/h10-14,16,19,24H,4-9,15,17-18,20H2,1-3H3. The molecule has 1 fully saturated rings. The number of hydrogen-bond donors (Lipinski definition) is 0. The van der Waals surface area contributed by atoms with Crippen molar-refractivity contribution in [3.63, 3.8) is 0 Å². The van der Waals surface area contributed by atoms with Crippen molar-refractivity contribution in [1.29, 1.82) is 0 Å². The topological polar surface area (TPSA) is 34.0 Å². The normalized spacial score (nSPS) is 16.9. The van der Waals surface area contributed by atoms with Gasteiger partial charge < -0.3 is 4.57 Å². The van der Waals surface area contributed by atoms with Gasteiger partial charge >= 0.3 is 0 Å². The number of unbranched alkanes of at least 4 members (excludes halogenated alkanes) is 1. The largest absolute Gasteiger partial charge is 0.325 e. The van der Waals surface area contributed by atoms with E-state index in [9.17, 15) is 0 Å². The minimum atomic E-state index is 0.385. The summed E-state index contributed by atoms with van der Waals surface area (Å²) in [4.78, 5) is 12.0. The molecule has 3 heterocycles. The van der Waals surface area contributed by atoms with Crippen molar-refractivity contribution >= 4 is 11.6 Å². The van der Waals surface area contributed by atoms with Crippen molar-refractivity contribution in [2.75, 3.05) is 6.54 Å². The van der Waals surface area contributed by atoms with E-state index in [4.69, 9.17) is 16.6 Å². The van der Waals surface area contributed by atoms with Crippen LogP contribution in [-0.2, 0) is 25.9 Å². The summed E-state index contributed by atoms with van der Waals surface area (Å²) in [5, 5.41) is 0.657. The van der Waals surface area contributed by atoms with Crippen LogP contribution in [0.2, 0.25) is 5.15 Å². The van der Waals surface area contributed by atoms with Crippen molar-refractivity contribution in [2.24, 2.45) is 0 Å². The number of pyridine rings is 1. The highest BCUT2D eigenvalue weighted by atomic mass is 35.5. The van der Waals surface area contributed by atoms with Crippen molar-refractivity contribution in [2.45, 2.75) is 84.8 Å². The van der Waals surface area contributed by atoms with E-state index in [0.717, 1.165) is 63.3 Å². The van der Waals surface area contributed by atoms with Gasteiger partial charge in [0.25, 0.3) is 0 Å². The predicted octanol–water partition coefficient (Wildman–Crippen LogP) is 7.25. The average Bonchev–Trinajstić information content (AvgIpc) is 3.17. The van der Waals surface area contributed by atoms with E-state index in [-0.39, 0.29) is 0 Å². The molecule has 1 aliphatic heterocycles. The lowest BCUT2D eigenvalue weighted by atomic mass is 9.96. The predicted molar refractivity (Wildman–Crippen MR) is 138 cm³/mol. The van der Waals surface area contributed by atoms with E-state index in [2.05, 4.69) is 59.5 Å². The molecule has 176 valence electrons. The summed E-state index contributed by atoms with van der Waals surface area (Å²) in [7, 11) is 0. The number of hydrogen-bond acceptors (Lipinski definition) is 3. The Labute approximate surface area is 204 Å². The Morgan fingerprint density at radius 1 is 1.03 bits per heavy atom. The van der Waals surface area contributed by atoms with E-state index in [0.29, 0.717) is 11.2 Å². The van der Waals surface area contributed by atoms with E-state index in [1.54, 1.807) is 0 Å². The van der Waals surface area contributed by atoms with Gasteiger partial charge in [-0.1, -0.05) is 69.5 Å². The Bertz CT molecular complexity index is 1020. The number of likely N-dealkylation sites (tertiary alicyclic amines) is 1. The molecule has 1 aliphatic rings. The van der Waals surface area contributed by atoms with Crippen LogP contribution in [0.25, 0.3) is 11.4 Å². The molecule has 2 aromatic heterocycles. The zero-order valence-electron chi connectivity index (χ0n) is 20.4. The minimum Gasteiger partial charge on any atom is -0.325 e. The second-order valence-corrected chi connectivity index (χ2v) is 9.46. The molecule has 0 bridgehead atoms. The molecule has 33 heavy (non-hydrogen) atoms. The van der Waals surface area contributed by atoms with Crippen LogP contribution in [0.15, 0.2) is 42.7 Å². The molecule has 0 saturated carbocycles. The van der Waals surface area contributed by atoms with Crippen LogP contribution in [0.1, 0.15) is 81.3 Å². The molecule has 1 saturated heterocycles. The smallest absolute Gasteiger partial charge is 0.152 e. The molecule has 1 atom stereocenters. The van der Waals surface area contributed by atoms with E-state index in [1.165, 1.54) is 35.1 Å². The number of imidazole rings is 1. The molecule has 4 nitrogen and oxygen atoms in total. The second kappa shape index (κ2) is 11.3. The van der Waals surface area contributed by atoms with E-state index < -0.39 is 0 Å². The molecule has 5 heteroatoms. The SMILES string of the molecule is CCCCn1c(-c2c(CC)cccc2CC)nc(Cl)c1CN1CCCCC1c1cccnc1. The second-order valence-electron chi connectivity index (χ2n) is 9.10. The Morgan fingerprint density at radius 2 is 1.82 bits per heavy atom. The maximum absolute atomic E-state index is 6.91. The fraction of sp³-hybridized carbons (Fsp3) is 0.500. The zero-order chi connectivity index (χ0) is 23.2. The average molecular weight is 465 g/mol. The molecule has 1 unspecified atom stereocenters. The van der Waals surface area contributed by atoms with Gasteiger partial charge in [0.1, 0.15) is 5.82 Å². The lowest BCUT2D eigenvalue weighted by Gasteiger charge is -2.36. The molecular formula is C28H37ClN4. The third-order valence-electron chi connectivity index (χ3n) is 7.02. The molecule has 0 amide bonds. The highest BCUT2D eigenvalue weighted by Gasteiger charge is 2.28. The summed E-state index contributed by atoms with van der Waals surface area (Å²) in [5.41, 5.74) is 6.45. The number of nitrogens with zero attached hydrogens (tertiary/aromatic N) is 4. The highest BCUT2D eigenvalue weighted by Crippen LogP contribution is 2.36. The van der Waals surface area contributed by atoms with Crippen LogP contribution in [-0.4, -0.2) is 26.0 Å². The number of piperidine rings is 1. The maximum atomic E-state index is 6.91. The van der Waals surface area contributed by atoms with Crippen molar-refractivity contribution in [3.8, 4) is 11.4 Å². The molecule has 0 N–H and O–H groups in total. The molecular weight excluding hydrogens is 428 g/mol. The van der Waals surface area contributed by atoms with Gasteiger partial charge in [-0.2, -0.15) is 0 Å². The van der Waals surface area contributed by atoms with E-state index >= 15 is 0 Å². The van der Waals surface area contributed by atoms with Gasteiger partial charge in [-0.25, -0.2) is 4.98 Å². The van der Waals surface area contributed by atoms with E-state index in [1.807, 2.05) is 18.5 Å². The number of aryl methyl sites for hydroxylation is 2. The zero-order valence-corrected chi connectivity index (χ0v) is 21.1. The monoisotopic (exact) mass is 464 g/mol. The van der Waals surface area contributed by atoms with Crippen LogP contribution in [0.5, 0.6) is 0 Å². The summed E-state index contributed by atoms with van der Waals surface area (Å²) in [6, 6.07) is 11.3. The summed E-state index contributed by atoms with van der Waals surface area (Å²) >= 11 is 6.91. The summed E-state index contributed by atoms with van der Waals surface area (Å²) in [6.07, 6.45) is 11.8. The van der Waals surface area contributed by atoms with Gasteiger partial charge in [-0.05, 0) is 61.4 Å². The lowest BCUT2D eigenvalue weighted by molar-refractivity contribution is 0.137. The van der Waals surface area contributed by atoms with Gasteiger partial charge in [-0.3, -0.25) is 9.88 Å². The first-order valence-electron chi connectivity index (χ1n) is 12.7. The summed E-state index contributed by atoms with van der Waals surface area (Å²) in [6.45, 7) is 9.56. The number of rotatable bonds is 9. The minimum absolute atomic E-state index is 0.385. The fourth-order valence-electron chi connectivity index (χ4n) is 5.21. The molecule has 3 aromatic rings. The lowest BCUT2D eigenvalue weighted by Crippen LogP contribution is -2.33. The number of benzene rings is 1. The quantitative estimate of drug-likeness (QED) is 0.334. The first kappa shape index (κ1) is 24.0. The van der Waals surface area contributed by atoms with Crippen LogP contribution in [0.3, 0.4) is 0 Å². The number of aromatic nitrogens is 3. The number of halogens is 1. The summed E-state index contributed by atoms with van der Waals surface area (Å²) in [5.74, 6) is 1.05. The Balaban J connectivity index is 1.76. The first-order valence-corrected chi connectivity index (χ1v) is 13.1. The Hall–Kier alpha value is -2.17. The molecule has 1 aromatic carbocycles. The van der Waals surface area contributed by atoms with Crippen molar-refractivity contribution < 1.29 is 0 Å². The maximum Gasteiger partial charge on any atom is 0.152 e. The third-order valence-corrected chi connectivity index (χ3v) is 7.32. The fourth-order valence-corrected chi connectivity index (χ4v) is 5.45. The van der Waals surface area contributed by atoms with Crippen LogP contribution in [0.4, 0.5) is 0 Å². The van der Waals surface area contributed by atoms with Crippen molar-refractivity contribution in [3.05, 3.63) is 70.3 Å². The van der Waals surface area contributed by atoms with Gasteiger partial charge in [-0.15, -0.1) is 0 Å². The third kappa shape index (κ3) is 5.17. The Morgan fingerprint density at radius 3 is 2.48 bits per heavy atom. The van der Waals surface area contributed by atoms with Gasteiger partial charge in [0.15, 0.2) is 5.15 Å². The molecule has 0 spiro atoms.